The summed E-state index contributed by atoms with van der Waals surface area (Å²) in [5.74, 6) is 0. The van der Waals surface area contributed by atoms with Crippen LogP contribution in [0.5, 0.6) is 0 Å². The molecule has 6 heteroatoms. The van der Waals surface area contributed by atoms with Crippen molar-refractivity contribution in [3.63, 3.8) is 0 Å². The molecule has 1 aromatic rings. The second-order valence-electron chi connectivity index (χ2n) is 1.84. The van der Waals surface area contributed by atoms with Crippen molar-refractivity contribution in [2.45, 2.75) is 4.90 Å². The summed E-state index contributed by atoms with van der Waals surface area (Å²) < 4.78 is 0. The molecule has 56 valence electrons. The van der Waals surface area contributed by atoms with E-state index in [1.165, 1.54) is 18.7 Å². The Morgan fingerprint density at radius 1 is 1.10 bits per heavy atom. The highest BCUT2D eigenvalue weighted by atomic mass is 32.3. The Balaban J connectivity index is 2.97. The van der Waals surface area contributed by atoms with Gasteiger partial charge in [-0.15, -0.1) is 0 Å². The standard InChI is InChI=1S/C4H9N5S/c5-10(6,7)4-1-8-3-9-2-4/h1-3H,5-7H2. The molecule has 10 heavy (non-hydrogen) atoms. The van der Waals surface area contributed by atoms with Crippen LogP contribution in [0, 0.1) is 0 Å². The maximum absolute atomic E-state index is 5.42. The van der Waals surface area contributed by atoms with Gasteiger partial charge in [-0.3, -0.25) is 15.4 Å². The smallest absolute Gasteiger partial charge is 0.115 e. The highest BCUT2D eigenvalue weighted by molar-refractivity contribution is 8.28. The van der Waals surface area contributed by atoms with E-state index in [4.69, 9.17) is 15.4 Å². The lowest BCUT2D eigenvalue weighted by Gasteiger charge is -2.23. The average Bonchev–Trinajstić information content (AvgIpc) is 1.88. The van der Waals surface area contributed by atoms with Gasteiger partial charge in [0.2, 0.25) is 0 Å². The van der Waals surface area contributed by atoms with Gasteiger partial charge in [-0.05, 0) is 0 Å². The average molecular weight is 159 g/mol. The van der Waals surface area contributed by atoms with E-state index in [9.17, 15) is 0 Å². The number of nitrogens with zero attached hydrogens (tertiary/aromatic N) is 2. The fraction of sp³-hybridized carbons (Fsp3) is 0. The first-order valence-corrected chi connectivity index (χ1v) is 4.34. The third-order valence-electron chi connectivity index (χ3n) is 0.945. The molecule has 0 unspecified atom stereocenters. The van der Waals surface area contributed by atoms with Crippen LogP contribution < -0.4 is 15.4 Å². The molecule has 1 heterocycles. The van der Waals surface area contributed by atoms with Crippen molar-refractivity contribution < 1.29 is 0 Å². The van der Waals surface area contributed by atoms with Crippen LogP contribution in [0.2, 0.25) is 0 Å². The summed E-state index contributed by atoms with van der Waals surface area (Å²) in [6.45, 7) is 0. The van der Waals surface area contributed by atoms with Gasteiger partial charge in [-0.1, -0.05) is 10.6 Å². The highest BCUT2D eigenvalue weighted by Crippen LogP contribution is 2.29. The molecule has 0 aliphatic carbocycles. The Morgan fingerprint density at radius 2 is 1.60 bits per heavy atom. The predicted octanol–water partition coefficient (Wildman–Crippen LogP) is -0.739. The monoisotopic (exact) mass is 159 g/mol. The molecule has 0 aromatic carbocycles. The first-order valence-electron chi connectivity index (χ1n) is 2.52. The van der Waals surface area contributed by atoms with E-state index in [-0.39, 0.29) is 0 Å². The molecular weight excluding hydrogens is 150 g/mol. The summed E-state index contributed by atoms with van der Waals surface area (Å²) in [4.78, 5) is 8.03. The normalized spacial score (nSPS) is 13.1. The topological polar surface area (TPSA) is 104 Å². The molecule has 0 aliphatic heterocycles. The summed E-state index contributed by atoms with van der Waals surface area (Å²) in [5.41, 5.74) is 0. The summed E-state index contributed by atoms with van der Waals surface area (Å²) in [6, 6.07) is 0. The molecule has 1 rings (SSSR count). The van der Waals surface area contributed by atoms with Crippen LogP contribution in [-0.2, 0) is 0 Å². The van der Waals surface area contributed by atoms with Gasteiger partial charge in [-0.2, -0.15) is 0 Å². The van der Waals surface area contributed by atoms with E-state index in [0.717, 1.165) is 0 Å². The second kappa shape index (κ2) is 2.51. The molecule has 0 amide bonds. The SMILES string of the molecule is NS(N)(N)c1cncnc1. The molecule has 0 saturated carbocycles. The molecule has 0 radical (unpaired) electrons. The van der Waals surface area contributed by atoms with Crippen molar-refractivity contribution >= 4 is 10.6 Å². The van der Waals surface area contributed by atoms with Gasteiger partial charge in [0, 0.05) is 12.4 Å². The van der Waals surface area contributed by atoms with Crippen LogP contribution in [0.25, 0.3) is 0 Å². The Hall–Kier alpha value is -0.690. The molecule has 0 fully saturated rings. The van der Waals surface area contributed by atoms with Crippen molar-refractivity contribution in [3.8, 4) is 0 Å². The first-order chi connectivity index (χ1) is 4.61. The summed E-state index contributed by atoms with van der Waals surface area (Å²) in [7, 11) is -2.13. The first kappa shape index (κ1) is 7.42. The molecule has 1 aromatic heterocycles. The molecular formula is C4H9N5S. The number of rotatable bonds is 1. The third kappa shape index (κ3) is 1.64. The van der Waals surface area contributed by atoms with Gasteiger partial charge in [0.25, 0.3) is 0 Å². The lowest BCUT2D eigenvalue weighted by molar-refractivity contribution is 1.09. The van der Waals surface area contributed by atoms with E-state index in [2.05, 4.69) is 9.97 Å². The lowest BCUT2D eigenvalue weighted by Crippen LogP contribution is -2.28. The van der Waals surface area contributed by atoms with Crippen molar-refractivity contribution in [2.24, 2.45) is 15.4 Å². The van der Waals surface area contributed by atoms with E-state index in [0.29, 0.717) is 4.90 Å². The Bertz CT molecular complexity index is 205. The second-order valence-corrected chi connectivity index (χ2v) is 3.83. The van der Waals surface area contributed by atoms with Crippen LogP contribution >= 0.6 is 10.6 Å². The molecule has 0 spiro atoms. The zero-order valence-corrected chi connectivity index (χ0v) is 6.08. The Kier molecular flexibility index (Phi) is 1.86. The number of hydrogen-bond donors (Lipinski definition) is 3. The summed E-state index contributed by atoms with van der Waals surface area (Å²) in [6.07, 6.45) is 4.43. The van der Waals surface area contributed by atoms with Crippen molar-refractivity contribution in [1.29, 1.82) is 0 Å². The van der Waals surface area contributed by atoms with Gasteiger partial charge in [0.1, 0.15) is 6.33 Å². The quantitative estimate of drug-likeness (QED) is 0.500. The highest BCUT2D eigenvalue weighted by Gasteiger charge is 2.08. The predicted molar refractivity (Wildman–Crippen MR) is 40.5 cm³/mol. The maximum Gasteiger partial charge on any atom is 0.115 e. The van der Waals surface area contributed by atoms with E-state index in [1.807, 2.05) is 0 Å². The lowest BCUT2D eigenvalue weighted by atomic mass is 10.7. The number of nitrogens with two attached hydrogens (primary N) is 3. The maximum atomic E-state index is 5.42. The Labute approximate surface area is 60.4 Å². The van der Waals surface area contributed by atoms with Crippen molar-refractivity contribution in [1.82, 2.24) is 9.97 Å². The van der Waals surface area contributed by atoms with Crippen molar-refractivity contribution in [2.75, 3.05) is 0 Å². The van der Waals surface area contributed by atoms with Gasteiger partial charge in [0.05, 0.1) is 4.90 Å². The van der Waals surface area contributed by atoms with Gasteiger partial charge < -0.3 is 0 Å². The van der Waals surface area contributed by atoms with E-state index >= 15 is 0 Å². The van der Waals surface area contributed by atoms with Crippen LogP contribution in [0.3, 0.4) is 0 Å². The summed E-state index contributed by atoms with van der Waals surface area (Å²) >= 11 is 0. The van der Waals surface area contributed by atoms with Crippen LogP contribution in [-0.4, -0.2) is 9.97 Å². The zero-order chi connectivity index (χ0) is 7.61. The molecule has 5 nitrogen and oxygen atoms in total. The molecule has 0 saturated heterocycles. The van der Waals surface area contributed by atoms with Gasteiger partial charge >= 0.3 is 0 Å². The van der Waals surface area contributed by atoms with Crippen LogP contribution in [0.1, 0.15) is 0 Å². The number of hydrogen-bond acceptors (Lipinski definition) is 5. The van der Waals surface area contributed by atoms with E-state index < -0.39 is 10.6 Å². The fourth-order valence-electron chi connectivity index (χ4n) is 0.468. The zero-order valence-electron chi connectivity index (χ0n) is 5.27. The molecule has 0 bridgehead atoms. The van der Waals surface area contributed by atoms with E-state index in [1.54, 1.807) is 0 Å². The minimum Gasteiger partial charge on any atom is -0.269 e. The minimum atomic E-state index is -2.13. The number of aromatic nitrogens is 2. The van der Waals surface area contributed by atoms with Gasteiger partial charge in [-0.25, -0.2) is 9.97 Å². The summed E-state index contributed by atoms with van der Waals surface area (Å²) in [5, 5.41) is 16.2. The third-order valence-corrected chi connectivity index (χ3v) is 1.97. The fourth-order valence-corrected chi connectivity index (χ4v) is 0.955. The van der Waals surface area contributed by atoms with Crippen molar-refractivity contribution in [3.05, 3.63) is 18.7 Å². The van der Waals surface area contributed by atoms with Crippen LogP contribution in [0.4, 0.5) is 0 Å². The molecule has 0 aliphatic rings. The molecule has 0 atom stereocenters. The minimum absolute atomic E-state index is 0.593. The Morgan fingerprint density at radius 3 is 1.90 bits per heavy atom. The van der Waals surface area contributed by atoms with Crippen LogP contribution in [0.15, 0.2) is 23.6 Å². The van der Waals surface area contributed by atoms with Gasteiger partial charge in [0.15, 0.2) is 0 Å². The molecule has 6 N–H and O–H groups in total. The largest absolute Gasteiger partial charge is 0.269 e.